The summed E-state index contributed by atoms with van der Waals surface area (Å²) in [7, 11) is 1.60. The molecule has 2 aromatic rings. The summed E-state index contributed by atoms with van der Waals surface area (Å²) in [6, 6.07) is 8.91. The molecule has 2 heterocycles. The number of nitrogens with zero attached hydrogens (tertiary/aromatic N) is 3. The largest absolute Gasteiger partial charge is 0.497 e. The van der Waals surface area contributed by atoms with E-state index >= 15 is 0 Å². The molecule has 1 atom stereocenters. The lowest BCUT2D eigenvalue weighted by Crippen LogP contribution is -2.32. The molecule has 0 radical (unpaired) electrons. The highest BCUT2D eigenvalue weighted by Crippen LogP contribution is 2.20. The number of piperidine rings is 1. The normalized spacial score (nSPS) is 15.2. The maximum atomic E-state index is 12.4. The summed E-state index contributed by atoms with van der Waals surface area (Å²) >= 11 is 0. The van der Waals surface area contributed by atoms with Crippen LogP contribution < -0.4 is 19.7 Å². The van der Waals surface area contributed by atoms with Crippen LogP contribution in [0.2, 0.25) is 0 Å². The van der Waals surface area contributed by atoms with Gasteiger partial charge in [-0.05, 0) is 50.5 Å². The summed E-state index contributed by atoms with van der Waals surface area (Å²) in [5, 5.41) is 2.80. The lowest BCUT2D eigenvalue weighted by atomic mass is 10.1. The van der Waals surface area contributed by atoms with Gasteiger partial charge in [-0.3, -0.25) is 4.79 Å². The van der Waals surface area contributed by atoms with Gasteiger partial charge >= 0.3 is 0 Å². The van der Waals surface area contributed by atoms with Crippen molar-refractivity contribution in [2.45, 2.75) is 32.3 Å². The lowest BCUT2D eigenvalue weighted by Gasteiger charge is -2.27. The Morgan fingerprint density at radius 3 is 2.50 bits per heavy atom. The predicted octanol–water partition coefficient (Wildman–Crippen LogP) is 2.88. The van der Waals surface area contributed by atoms with E-state index in [9.17, 15) is 4.79 Å². The molecular weight excluding hydrogens is 332 g/mol. The Labute approximate surface area is 153 Å². The van der Waals surface area contributed by atoms with Crippen molar-refractivity contribution in [3.63, 3.8) is 0 Å². The highest BCUT2D eigenvalue weighted by atomic mass is 16.5. The number of hydrogen-bond acceptors (Lipinski definition) is 6. The highest BCUT2D eigenvalue weighted by Gasteiger charge is 2.17. The van der Waals surface area contributed by atoms with Crippen LogP contribution >= 0.6 is 0 Å². The zero-order valence-corrected chi connectivity index (χ0v) is 15.1. The molecule has 0 aliphatic carbocycles. The molecule has 1 aliphatic rings. The number of rotatable bonds is 6. The third-order valence-corrected chi connectivity index (χ3v) is 4.33. The first kappa shape index (κ1) is 18.0. The standard InChI is InChI=1S/C19H24N4O3/c1-14(26-16-8-6-15(25-2)7-9-16)19(24)22-17-12-18(21-13-20-17)23-10-4-3-5-11-23/h6-9,12-14H,3-5,10-11H2,1-2H3,(H,20,21,22,24). The second-order valence-corrected chi connectivity index (χ2v) is 6.23. The molecule has 0 spiro atoms. The summed E-state index contributed by atoms with van der Waals surface area (Å²) in [4.78, 5) is 23.1. The van der Waals surface area contributed by atoms with Gasteiger partial charge in [0.2, 0.25) is 0 Å². The van der Waals surface area contributed by atoms with Gasteiger partial charge < -0.3 is 19.7 Å². The number of anilines is 2. The molecule has 0 bridgehead atoms. The van der Waals surface area contributed by atoms with Crippen LogP contribution in [0.4, 0.5) is 11.6 Å². The topological polar surface area (TPSA) is 76.6 Å². The molecule has 0 saturated carbocycles. The van der Waals surface area contributed by atoms with Crippen molar-refractivity contribution in [3.05, 3.63) is 36.7 Å². The van der Waals surface area contributed by atoms with Crippen molar-refractivity contribution in [2.24, 2.45) is 0 Å². The molecule has 1 aliphatic heterocycles. The number of ether oxygens (including phenoxy) is 2. The van der Waals surface area contributed by atoms with E-state index in [1.54, 1.807) is 38.3 Å². The fourth-order valence-electron chi connectivity index (χ4n) is 2.85. The summed E-state index contributed by atoms with van der Waals surface area (Å²) in [5.41, 5.74) is 0. The molecule has 1 aromatic heterocycles. The van der Waals surface area contributed by atoms with Crippen LogP contribution in [0, 0.1) is 0 Å². The molecular formula is C19H24N4O3. The summed E-state index contributed by atoms with van der Waals surface area (Å²) < 4.78 is 10.8. The van der Waals surface area contributed by atoms with Gasteiger partial charge in [0.1, 0.15) is 29.5 Å². The molecule has 7 nitrogen and oxygen atoms in total. The smallest absolute Gasteiger partial charge is 0.266 e. The minimum Gasteiger partial charge on any atom is -0.497 e. The van der Waals surface area contributed by atoms with Crippen LogP contribution in [-0.4, -0.2) is 42.2 Å². The molecule has 1 aromatic carbocycles. The van der Waals surface area contributed by atoms with E-state index < -0.39 is 6.10 Å². The molecule has 3 rings (SSSR count). The number of amides is 1. The van der Waals surface area contributed by atoms with Gasteiger partial charge in [-0.15, -0.1) is 0 Å². The predicted molar refractivity (Wildman–Crippen MR) is 99.8 cm³/mol. The first-order valence-corrected chi connectivity index (χ1v) is 8.84. The van der Waals surface area contributed by atoms with Crippen molar-refractivity contribution in [3.8, 4) is 11.5 Å². The number of aromatic nitrogens is 2. The first-order chi connectivity index (χ1) is 12.7. The van der Waals surface area contributed by atoms with E-state index in [0.717, 1.165) is 24.7 Å². The van der Waals surface area contributed by atoms with Gasteiger partial charge in [0, 0.05) is 19.2 Å². The number of carbonyl (C=O) groups is 1. The lowest BCUT2D eigenvalue weighted by molar-refractivity contribution is -0.122. The number of benzene rings is 1. The van der Waals surface area contributed by atoms with Crippen LogP contribution in [0.1, 0.15) is 26.2 Å². The van der Waals surface area contributed by atoms with Crippen LogP contribution in [0.15, 0.2) is 36.7 Å². The van der Waals surface area contributed by atoms with E-state index in [1.165, 1.54) is 25.6 Å². The van der Waals surface area contributed by atoms with Gasteiger partial charge in [-0.1, -0.05) is 0 Å². The van der Waals surface area contributed by atoms with Crippen LogP contribution in [0.5, 0.6) is 11.5 Å². The fraction of sp³-hybridized carbons (Fsp3) is 0.421. The molecule has 1 unspecified atom stereocenters. The summed E-state index contributed by atoms with van der Waals surface area (Å²) in [6.07, 6.45) is 4.41. The van der Waals surface area contributed by atoms with Crippen molar-refractivity contribution in [1.82, 2.24) is 9.97 Å². The van der Waals surface area contributed by atoms with Gasteiger partial charge in [-0.2, -0.15) is 0 Å². The fourth-order valence-corrected chi connectivity index (χ4v) is 2.85. The maximum absolute atomic E-state index is 12.4. The first-order valence-electron chi connectivity index (χ1n) is 8.84. The summed E-state index contributed by atoms with van der Waals surface area (Å²) in [5.74, 6) is 2.41. The van der Waals surface area contributed by atoms with Crippen molar-refractivity contribution in [2.75, 3.05) is 30.4 Å². The van der Waals surface area contributed by atoms with Crippen LogP contribution in [0.3, 0.4) is 0 Å². The molecule has 1 fully saturated rings. The number of hydrogen-bond donors (Lipinski definition) is 1. The average Bonchev–Trinajstić information content (AvgIpc) is 2.69. The minimum atomic E-state index is -0.656. The molecule has 1 saturated heterocycles. The minimum absolute atomic E-state index is 0.260. The second kappa shape index (κ2) is 8.51. The third kappa shape index (κ3) is 4.62. The maximum Gasteiger partial charge on any atom is 0.266 e. The van der Waals surface area contributed by atoms with Crippen molar-refractivity contribution in [1.29, 1.82) is 0 Å². The molecule has 138 valence electrons. The monoisotopic (exact) mass is 356 g/mol. The quantitative estimate of drug-likeness (QED) is 0.858. The molecule has 1 N–H and O–H groups in total. The Balaban J connectivity index is 1.59. The van der Waals surface area contributed by atoms with E-state index in [1.807, 2.05) is 6.07 Å². The van der Waals surface area contributed by atoms with Crippen LogP contribution in [0.25, 0.3) is 0 Å². The zero-order chi connectivity index (χ0) is 18.4. The van der Waals surface area contributed by atoms with Gasteiger partial charge in [0.25, 0.3) is 5.91 Å². The average molecular weight is 356 g/mol. The molecule has 26 heavy (non-hydrogen) atoms. The van der Waals surface area contributed by atoms with Crippen molar-refractivity contribution >= 4 is 17.5 Å². The second-order valence-electron chi connectivity index (χ2n) is 6.23. The Kier molecular flexibility index (Phi) is 5.88. The zero-order valence-electron chi connectivity index (χ0n) is 15.1. The van der Waals surface area contributed by atoms with E-state index in [2.05, 4.69) is 20.2 Å². The molecule has 1 amide bonds. The summed E-state index contributed by atoms with van der Waals surface area (Å²) in [6.45, 7) is 3.68. The van der Waals surface area contributed by atoms with Crippen molar-refractivity contribution < 1.29 is 14.3 Å². The number of nitrogens with one attached hydrogen (secondary N) is 1. The van der Waals surface area contributed by atoms with E-state index in [0.29, 0.717) is 11.6 Å². The molecule has 7 heteroatoms. The third-order valence-electron chi connectivity index (χ3n) is 4.33. The Bertz CT molecular complexity index is 730. The van der Waals surface area contributed by atoms with E-state index in [-0.39, 0.29) is 5.91 Å². The van der Waals surface area contributed by atoms with Crippen LogP contribution in [-0.2, 0) is 4.79 Å². The van der Waals surface area contributed by atoms with Gasteiger partial charge in [0.15, 0.2) is 6.10 Å². The van der Waals surface area contributed by atoms with Gasteiger partial charge in [0.05, 0.1) is 7.11 Å². The Morgan fingerprint density at radius 2 is 1.81 bits per heavy atom. The Morgan fingerprint density at radius 1 is 1.12 bits per heavy atom. The Hall–Kier alpha value is -2.83. The highest BCUT2D eigenvalue weighted by molar-refractivity contribution is 5.93. The SMILES string of the molecule is COc1ccc(OC(C)C(=O)Nc2cc(N3CCCCC3)ncn2)cc1. The van der Waals surface area contributed by atoms with E-state index in [4.69, 9.17) is 9.47 Å². The number of carbonyl (C=O) groups excluding carboxylic acids is 1. The number of methoxy groups -OCH3 is 1. The van der Waals surface area contributed by atoms with Gasteiger partial charge in [-0.25, -0.2) is 9.97 Å².